The highest BCUT2D eigenvalue weighted by Crippen LogP contribution is 2.21. The van der Waals surface area contributed by atoms with Gasteiger partial charge in [0.15, 0.2) is 0 Å². The van der Waals surface area contributed by atoms with Gasteiger partial charge >= 0.3 is 0 Å². The lowest BCUT2D eigenvalue weighted by Crippen LogP contribution is -2.12. The molecule has 18 heavy (non-hydrogen) atoms. The summed E-state index contributed by atoms with van der Waals surface area (Å²) in [6.45, 7) is 1.99. The van der Waals surface area contributed by atoms with Crippen LogP contribution >= 0.6 is 31.9 Å². The van der Waals surface area contributed by atoms with Crippen molar-refractivity contribution in [3.63, 3.8) is 0 Å². The molecule has 0 heterocycles. The van der Waals surface area contributed by atoms with E-state index in [-0.39, 0.29) is 5.91 Å². The van der Waals surface area contributed by atoms with Crippen LogP contribution in [0.4, 0.5) is 5.69 Å². The van der Waals surface area contributed by atoms with Gasteiger partial charge < -0.3 is 5.32 Å². The number of hydrogen-bond donors (Lipinski definition) is 1. The topological polar surface area (TPSA) is 29.1 Å². The Balaban J connectivity index is 2.22. The summed E-state index contributed by atoms with van der Waals surface area (Å²) in [6, 6.07) is 13.2. The van der Waals surface area contributed by atoms with Gasteiger partial charge in [0.05, 0.1) is 5.56 Å². The number of aryl methyl sites for hydroxylation is 1. The van der Waals surface area contributed by atoms with Gasteiger partial charge in [-0.05, 0) is 58.7 Å². The Morgan fingerprint density at radius 1 is 1.11 bits per heavy atom. The Hall–Kier alpha value is -1.13. The molecule has 2 nitrogen and oxygen atoms in total. The van der Waals surface area contributed by atoms with Crippen molar-refractivity contribution in [3.8, 4) is 0 Å². The van der Waals surface area contributed by atoms with Crippen LogP contribution in [0.25, 0.3) is 0 Å². The van der Waals surface area contributed by atoms with Gasteiger partial charge in [-0.3, -0.25) is 4.79 Å². The van der Waals surface area contributed by atoms with Crippen LogP contribution < -0.4 is 5.32 Å². The van der Waals surface area contributed by atoms with Gasteiger partial charge in [0, 0.05) is 14.6 Å². The Kier molecular flexibility index (Phi) is 4.19. The molecule has 1 N–H and O–H groups in total. The molecular weight excluding hydrogens is 358 g/mol. The van der Waals surface area contributed by atoms with Gasteiger partial charge in [-0.25, -0.2) is 0 Å². The summed E-state index contributed by atoms with van der Waals surface area (Å²) >= 11 is 6.78. The van der Waals surface area contributed by atoms with Gasteiger partial charge in [0.1, 0.15) is 0 Å². The molecule has 0 saturated heterocycles. The van der Waals surface area contributed by atoms with Crippen molar-refractivity contribution in [1.82, 2.24) is 0 Å². The van der Waals surface area contributed by atoms with Gasteiger partial charge in [-0.2, -0.15) is 0 Å². The van der Waals surface area contributed by atoms with E-state index in [4.69, 9.17) is 0 Å². The number of halogens is 2. The molecule has 0 aliphatic rings. The fourth-order valence-electron chi connectivity index (χ4n) is 1.57. The largest absolute Gasteiger partial charge is 0.322 e. The number of benzene rings is 2. The minimum absolute atomic E-state index is 0.125. The van der Waals surface area contributed by atoms with Gasteiger partial charge in [-0.1, -0.05) is 28.1 Å². The highest BCUT2D eigenvalue weighted by atomic mass is 79.9. The molecule has 2 rings (SSSR count). The number of carbonyl (C=O) groups is 1. The Bertz CT molecular complexity index is 596. The normalized spacial score (nSPS) is 10.2. The van der Waals surface area contributed by atoms with Crippen molar-refractivity contribution in [1.29, 1.82) is 0 Å². The zero-order valence-corrected chi connectivity index (χ0v) is 12.9. The van der Waals surface area contributed by atoms with E-state index in [1.165, 1.54) is 0 Å². The van der Waals surface area contributed by atoms with E-state index in [1.807, 2.05) is 49.4 Å². The maximum atomic E-state index is 12.1. The number of rotatable bonds is 2. The van der Waals surface area contributed by atoms with Crippen LogP contribution in [0.5, 0.6) is 0 Å². The summed E-state index contributed by atoms with van der Waals surface area (Å²) in [4.78, 5) is 12.1. The minimum atomic E-state index is -0.125. The fraction of sp³-hybridized carbons (Fsp3) is 0.0714. The van der Waals surface area contributed by atoms with Gasteiger partial charge in [-0.15, -0.1) is 0 Å². The van der Waals surface area contributed by atoms with E-state index in [2.05, 4.69) is 37.2 Å². The first kappa shape index (κ1) is 13.3. The first-order valence-corrected chi connectivity index (χ1v) is 6.98. The zero-order valence-electron chi connectivity index (χ0n) is 9.71. The van der Waals surface area contributed by atoms with E-state index in [0.29, 0.717) is 5.56 Å². The summed E-state index contributed by atoms with van der Waals surface area (Å²) in [6.07, 6.45) is 0. The molecule has 0 radical (unpaired) electrons. The number of hydrogen-bond acceptors (Lipinski definition) is 1. The number of anilines is 1. The lowest BCUT2D eigenvalue weighted by molar-refractivity contribution is 0.102. The average molecular weight is 369 g/mol. The summed E-state index contributed by atoms with van der Waals surface area (Å²) in [5.41, 5.74) is 2.50. The van der Waals surface area contributed by atoms with Crippen molar-refractivity contribution in [3.05, 3.63) is 62.5 Å². The quantitative estimate of drug-likeness (QED) is 0.812. The maximum Gasteiger partial charge on any atom is 0.256 e. The summed E-state index contributed by atoms with van der Waals surface area (Å²) in [5, 5.41) is 2.86. The van der Waals surface area contributed by atoms with Crippen LogP contribution in [0.3, 0.4) is 0 Å². The third kappa shape index (κ3) is 3.21. The van der Waals surface area contributed by atoms with E-state index in [1.54, 1.807) is 0 Å². The van der Waals surface area contributed by atoms with E-state index in [9.17, 15) is 4.79 Å². The highest BCUT2D eigenvalue weighted by Gasteiger charge is 2.10. The molecule has 0 fully saturated rings. The zero-order chi connectivity index (χ0) is 13.1. The summed E-state index contributed by atoms with van der Waals surface area (Å²) in [5.74, 6) is -0.125. The Labute approximate surface area is 123 Å². The molecular formula is C14H11Br2NO. The van der Waals surface area contributed by atoms with Crippen molar-refractivity contribution in [2.45, 2.75) is 6.92 Å². The molecule has 0 atom stereocenters. The number of amides is 1. The molecule has 4 heteroatoms. The second kappa shape index (κ2) is 5.67. The highest BCUT2D eigenvalue weighted by molar-refractivity contribution is 9.10. The SMILES string of the molecule is Cc1ccc(C(=O)Nc2cccc(Br)c2)c(Br)c1. The van der Waals surface area contributed by atoms with E-state index >= 15 is 0 Å². The Morgan fingerprint density at radius 3 is 2.56 bits per heavy atom. The van der Waals surface area contributed by atoms with Crippen molar-refractivity contribution >= 4 is 43.5 Å². The van der Waals surface area contributed by atoms with Crippen molar-refractivity contribution < 1.29 is 4.79 Å². The van der Waals surface area contributed by atoms with E-state index < -0.39 is 0 Å². The van der Waals surface area contributed by atoms with Gasteiger partial charge in [0.25, 0.3) is 5.91 Å². The Morgan fingerprint density at radius 2 is 1.89 bits per heavy atom. The summed E-state index contributed by atoms with van der Waals surface area (Å²) < 4.78 is 1.73. The predicted octanol–water partition coefficient (Wildman–Crippen LogP) is 4.77. The molecule has 0 spiro atoms. The molecule has 0 unspecified atom stereocenters. The van der Waals surface area contributed by atoms with Crippen LogP contribution in [0, 0.1) is 6.92 Å². The lowest BCUT2D eigenvalue weighted by atomic mass is 10.1. The first-order valence-electron chi connectivity index (χ1n) is 5.39. The van der Waals surface area contributed by atoms with Crippen molar-refractivity contribution in [2.24, 2.45) is 0 Å². The van der Waals surface area contributed by atoms with E-state index in [0.717, 1.165) is 20.2 Å². The summed E-state index contributed by atoms with van der Waals surface area (Å²) in [7, 11) is 0. The molecule has 0 aromatic heterocycles. The van der Waals surface area contributed by atoms with Crippen molar-refractivity contribution in [2.75, 3.05) is 5.32 Å². The maximum absolute atomic E-state index is 12.1. The lowest BCUT2D eigenvalue weighted by Gasteiger charge is -2.07. The minimum Gasteiger partial charge on any atom is -0.322 e. The molecule has 2 aromatic rings. The number of carbonyl (C=O) groups excluding carboxylic acids is 1. The molecule has 92 valence electrons. The number of nitrogens with one attached hydrogen (secondary N) is 1. The molecule has 0 saturated carbocycles. The third-order valence-electron chi connectivity index (χ3n) is 2.45. The second-order valence-electron chi connectivity index (χ2n) is 3.95. The third-order valence-corrected chi connectivity index (χ3v) is 3.60. The monoisotopic (exact) mass is 367 g/mol. The standard InChI is InChI=1S/C14H11Br2NO/c1-9-5-6-12(13(16)7-9)14(18)17-11-4-2-3-10(15)8-11/h2-8H,1H3,(H,17,18). The average Bonchev–Trinajstić information content (AvgIpc) is 2.28. The predicted molar refractivity (Wildman–Crippen MR) is 81.0 cm³/mol. The molecule has 0 bridgehead atoms. The molecule has 2 aromatic carbocycles. The van der Waals surface area contributed by atoms with Crippen LogP contribution in [-0.4, -0.2) is 5.91 Å². The fourth-order valence-corrected chi connectivity index (χ4v) is 2.64. The van der Waals surface area contributed by atoms with Crippen LogP contribution in [0.2, 0.25) is 0 Å². The second-order valence-corrected chi connectivity index (χ2v) is 5.72. The smallest absolute Gasteiger partial charge is 0.256 e. The van der Waals surface area contributed by atoms with Crippen LogP contribution in [0.15, 0.2) is 51.4 Å². The first-order chi connectivity index (χ1) is 8.56. The molecule has 1 amide bonds. The molecule has 0 aliphatic heterocycles. The van der Waals surface area contributed by atoms with Gasteiger partial charge in [0.2, 0.25) is 0 Å². The van der Waals surface area contributed by atoms with Crippen LogP contribution in [0.1, 0.15) is 15.9 Å². The molecule has 0 aliphatic carbocycles. The van der Waals surface area contributed by atoms with Crippen LogP contribution in [-0.2, 0) is 0 Å².